The number of carboxylic acids is 1. The molecule has 0 unspecified atom stereocenters. The Kier molecular flexibility index (Phi) is 3.58. The molecule has 1 aromatic carbocycles. The molecule has 3 nitrogen and oxygen atoms in total. The lowest BCUT2D eigenvalue weighted by Gasteiger charge is -2.13. The second-order valence-corrected chi connectivity index (χ2v) is 3.78. The smallest absolute Gasteiger partial charge is 0.307 e. The summed E-state index contributed by atoms with van der Waals surface area (Å²) in [6.45, 7) is 3.71. The molecular formula is C11H13ClO3. The van der Waals surface area contributed by atoms with Crippen molar-refractivity contribution in [3.63, 3.8) is 0 Å². The van der Waals surface area contributed by atoms with Crippen LogP contribution >= 0.6 is 11.6 Å². The van der Waals surface area contributed by atoms with Gasteiger partial charge < -0.3 is 9.84 Å². The zero-order valence-corrected chi connectivity index (χ0v) is 9.68. The molecule has 0 amide bonds. The number of hydrogen-bond acceptors (Lipinski definition) is 2. The van der Waals surface area contributed by atoms with Gasteiger partial charge in [-0.25, -0.2) is 0 Å². The van der Waals surface area contributed by atoms with E-state index in [1.54, 1.807) is 0 Å². The van der Waals surface area contributed by atoms with Gasteiger partial charge in [0.15, 0.2) is 0 Å². The Balaban J connectivity index is 3.35. The molecule has 15 heavy (non-hydrogen) atoms. The second kappa shape index (κ2) is 4.53. The van der Waals surface area contributed by atoms with E-state index in [2.05, 4.69) is 0 Å². The molecule has 1 aromatic rings. The van der Waals surface area contributed by atoms with Gasteiger partial charge in [0.2, 0.25) is 0 Å². The number of ether oxygens (including phenoxy) is 1. The lowest BCUT2D eigenvalue weighted by atomic mass is 10.0. The van der Waals surface area contributed by atoms with E-state index < -0.39 is 5.97 Å². The van der Waals surface area contributed by atoms with Gasteiger partial charge in [0, 0.05) is 5.56 Å². The largest absolute Gasteiger partial charge is 0.495 e. The molecule has 0 bridgehead atoms. The van der Waals surface area contributed by atoms with Crippen LogP contribution in [0.15, 0.2) is 6.07 Å². The van der Waals surface area contributed by atoms with Crippen LogP contribution < -0.4 is 4.74 Å². The number of halogens is 1. The van der Waals surface area contributed by atoms with Crippen molar-refractivity contribution in [1.82, 2.24) is 0 Å². The molecule has 1 N–H and O–H groups in total. The van der Waals surface area contributed by atoms with E-state index >= 15 is 0 Å². The van der Waals surface area contributed by atoms with E-state index in [1.165, 1.54) is 7.11 Å². The number of benzene rings is 1. The van der Waals surface area contributed by atoms with Crippen LogP contribution in [0, 0.1) is 13.8 Å². The topological polar surface area (TPSA) is 46.5 Å². The van der Waals surface area contributed by atoms with Gasteiger partial charge in [0.1, 0.15) is 5.75 Å². The fraction of sp³-hybridized carbons (Fsp3) is 0.364. The highest BCUT2D eigenvalue weighted by Crippen LogP contribution is 2.34. The van der Waals surface area contributed by atoms with Gasteiger partial charge in [0.05, 0.1) is 18.6 Å². The highest BCUT2D eigenvalue weighted by Gasteiger charge is 2.15. The monoisotopic (exact) mass is 228 g/mol. The summed E-state index contributed by atoms with van der Waals surface area (Å²) in [5.41, 5.74) is 2.41. The van der Waals surface area contributed by atoms with Crippen LogP contribution in [0.1, 0.15) is 16.7 Å². The standard InChI is InChI=1S/C11H13ClO3/c1-6-4-7(2)10(12)11(15-3)8(6)5-9(13)14/h4H,5H2,1-3H3,(H,13,14). The van der Waals surface area contributed by atoms with Crippen molar-refractivity contribution >= 4 is 17.6 Å². The van der Waals surface area contributed by atoms with Gasteiger partial charge in [-0.2, -0.15) is 0 Å². The fourth-order valence-electron chi connectivity index (χ4n) is 1.55. The van der Waals surface area contributed by atoms with Crippen LogP contribution in [0.2, 0.25) is 5.02 Å². The van der Waals surface area contributed by atoms with Crippen molar-refractivity contribution in [1.29, 1.82) is 0 Å². The van der Waals surface area contributed by atoms with E-state index in [0.29, 0.717) is 16.3 Å². The highest BCUT2D eigenvalue weighted by molar-refractivity contribution is 6.33. The summed E-state index contributed by atoms with van der Waals surface area (Å²) < 4.78 is 5.14. The molecule has 82 valence electrons. The lowest BCUT2D eigenvalue weighted by molar-refractivity contribution is -0.136. The predicted octanol–water partition coefficient (Wildman–Crippen LogP) is 2.59. The first-order valence-corrected chi connectivity index (χ1v) is 4.89. The molecule has 0 spiro atoms. The van der Waals surface area contributed by atoms with Gasteiger partial charge in [-0.1, -0.05) is 17.7 Å². The number of aryl methyl sites for hydroxylation is 2. The minimum absolute atomic E-state index is 0.0744. The van der Waals surface area contributed by atoms with E-state index in [9.17, 15) is 4.79 Å². The molecule has 0 saturated heterocycles. The van der Waals surface area contributed by atoms with E-state index in [4.69, 9.17) is 21.4 Å². The van der Waals surface area contributed by atoms with Gasteiger partial charge in [-0.05, 0) is 25.0 Å². The first kappa shape index (κ1) is 11.9. The van der Waals surface area contributed by atoms with Crippen molar-refractivity contribution in [2.45, 2.75) is 20.3 Å². The molecule has 1 rings (SSSR count). The Hall–Kier alpha value is -1.22. The van der Waals surface area contributed by atoms with Crippen molar-refractivity contribution in [2.24, 2.45) is 0 Å². The Labute approximate surface area is 93.6 Å². The Morgan fingerprint density at radius 3 is 2.53 bits per heavy atom. The van der Waals surface area contributed by atoms with Gasteiger partial charge in [-0.15, -0.1) is 0 Å². The fourth-order valence-corrected chi connectivity index (χ4v) is 1.80. The first-order chi connectivity index (χ1) is 6.97. The Morgan fingerprint density at radius 1 is 1.47 bits per heavy atom. The van der Waals surface area contributed by atoms with Crippen LogP contribution in [-0.4, -0.2) is 18.2 Å². The third kappa shape index (κ3) is 2.42. The van der Waals surface area contributed by atoms with Crippen molar-refractivity contribution in [3.8, 4) is 5.75 Å². The maximum absolute atomic E-state index is 10.7. The van der Waals surface area contributed by atoms with E-state index in [-0.39, 0.29) is 6.42 Å². The summed E-state index contributed by atoms with van der Waals surface area (Å²) in [6.07, 6.45) is -0.0744. The average Bonchev–Trinajstić information content (AvgIpc) is 2.14. The Bertz CT molecular complexity index is 399. The zero-order chi connectivity index (χ0) is 11.6. The van der Waals surface area contributed by atoms with Crippen LogP contribution in [0.3, 0.4) is 0 Å². The summed E-state index contributed by atoms with van der Waals surface area (Å²) in [6, 6.07) is 1.86. The number of carbonyl (C=O) groups is 1. The molecule has 0 aromatic heterocycles. The summed E-state index contributed by atoms with van der Waals surface area (Å²) in [5, 5.41) is 9.26. The van der Waals surface area contributed by atoms with Gasteiger partial charge in [-0.3, -0.25) is 4.79 Å². The van der Waals surface area contributed by atoms with E-state index in [1.807, 2.05) is 19.9 Å². The molecule has 0 saturated carbocycles. The van der Waals surface area contributed by atoms with Crippen molar-refractivity contribution in [3.05, 3.63) is 27.8 Å². The number of carboxylic acid groups (broad SMARTS) is 1. The number of hydrogen-bond donors (Lipinski definition) is 1. The maximum atomic E-state index is 10.7. The van der Waals surface area contributed by atoms with Gasteiger partial charge in [0.25, 0.3) is 0 Å². The molecule has 0 radical (unpaired) electrons. The minimum Gasteiger partial charge on any atom is -0.495 e. The number of rotatable bonds is 3. The average molecular weight is 229 g/mol. The summed E-state index contributed by atoms with van der Waals surface area (Å²) in [4.78, 5) is 10.7. The summed E-state index contributed by atoms with van der Waals surface area (Å²) >= 11 is 6.04. The van der Waals surface area contributed by atoms with Crippen molar-refractivity contribution < 1.29 is 14.6 Å². The van der Waals surface area contributed by atoms with Crippen LogP contribution in [-0.2, 0) is 11.2 Å². The lowest BCUT2D eigenvalue weighted by Crippen LogP contribution is -2.05. The van der Waals surface area contributed by atoms with Crippen LogP contribution in [0.4, 0.5) is 0 Å². The molecule has 0 atom stereocenters. The molecule has 0 fully saturated rings. The van der Waals surface area contributed by atoms with Crippen molar-refractivity contribution in [2.75, 3.05) is 7.11 Å². The quantitative estimate of drug-likeness (QED) is 0.865. The third-order valence-corrected chi connectivity index (χ3v) is 2.73. The highest BCUT2D eigenvalue weighted by atomic mass is 35.5. The molecular weight excluding hydrogens is 216 g/mol. The predicted molar refractivity (Wildman–Crippen MR) is 58.8 cm³/mol. The Morgan fingerprint density at radius 2 is 2.07 bits per heavy atom. The first-order valence-electron chi connectivity index (χ1n) is 4.51. The van der Waals surface area contributed by atoms with E-state index in [0.717, 1.165) is 11.1 Å². The van der Waals surface area contributed by atoms with Gasteiger partial charge >= 0.3 is 5.97 Å². The zero-order valence-electron chi connectivity index (χ0n) is 8.93. The second-order valence-electron chi connectivity index (χ2n) is 3.41. The molecule has 0 aliphatic heterocycles. The molecule has 0 aliphatic rings. The SMILES string of the molecule is COc1c(Cl)c(C)cc(C)c1CC(=O)O. The number of methoxy groups -OCH3 is 1. The van der Waals surface area contributed by atoms with Crippen LogP contribution in [0.25, 0.3) is 0 Å². The third-order valence-electron chi connectivity index (χ3n) is 2.26. The molecule has 4 heteroatoms. The summed E-state index contributed by atoms with van der Waals surface area (Å²) in [7, 11) is 1.49. The maximum Gasteiger partial charge on any atom is 0.307 e. The molecule has 0 heterocycles. The number of aliphatic carboxylic acids is 1. The minimum atomic E-state index is -0.892. The normalized spacial score (nSPS) is 10.1. The molecule has 0 aliphatic carbocycles. The van der Waals surface area contributed by atoms with Crippen LogP contribution in [0.5, 0.6) is 5.75 Å². The summed E-state index contributed by atoms with van der Waals surface area (Å²) in [5.74, 6) is -0.423.